The topological polar surface area (TPSA) is 20.2 Å². The fraction of sp³-hybridized carbons (Fsp3) is 0.692. The van der Waals surface area contributed by atoms with E-state index in [2.05, 4.69) is 20.1 Å². The molecule has 0 aromatic heterocycles. The van der Waals surface area contributed by atoms with Gasteiger partial charge in [0, 0.05) is 0 Å². The molecule has 1 aliphatic carbocycles. The van der Waals surface area contributed by atoms with Crippen LogP contribution in [0.1, 0.15) is 39.0 Å². The summed E-state index contributed by atoms with van der Waals surface area (Å²) in [5, 5.41) is 10.5. The number of allylic oxidation sites excluding steroid dienone is 1. The van der Waals surface area contributed by atoms with Gasteiger partial charge in [-0.1, -0.05) is 31.9 Å². The van der Waals surface area contributed by atoms with Gasteiger partial charge in [-0.05, 0) is 31.1 Å². The molecule has 0 bridgehead atoms. The van der Waals surface area contributed by atoms with E-state index in [0.717, 1.165) is 25.7 Å². The van der Waals surface area contributed by atoms with Crippen molar-refractivity contribution in [2.45, 2.75) is 44.6 Å². The first-order valence-electron chi connectivity index (χ1n) is 5.58. The fourth-order valence-electron chi connectivity index (χ4n) is 2.78. The van der Waals surface area contributed by atoms with Gasteiger partial charge in [0.05, 0.1) is 5.60 Å². The van der Waals surface area contributed by atoms with Crippen molar-refractivity contribution in [3.63, 3.8) is 0 Å². The molecule has 1 N–H and O–H groups in total. The molecule has 3 atom stereocenters. The van der Waals surface area contributed by atoms with Crippen molar-refractivity contribution < 1.29 is 5.11 Å². The lowest BCUT2D eigenvalue weighted by molar-refractivity contribution is -0.0665. The van der Waals surface area contributed by atoms with Gasteiger partial charge in [-0.15, -0.1) is 13.2 Å². The van der Waals surface area contributed by atoms with E-state index in [1.165, 1.54) is 6.42 Å². The van der Waals surface area contributed by atoms with Crippen molar-refractivity contribution >= 4 is 0 Å². The van der Waals surface area contributed by atoms with Crippen molar-refractivity contribution in [1.29, 1.82) is 0 Å². The van der Waals surface area contributed by atoms with Gasteiger partial charge in [0.25, 0.3) is 0 Å². The van der Waals surface area contributed by atoms with E-state index in [-0.39, 0.29) is 0 Å². The van der Waals surface area contributed by atoms with Crippen molar-refractivity contribution in [2.75, 3.05) is 0 Å². The van der Waals surface area contributed by atoms with Crippen LogP contribution in [-0.2, 0) is 0 Å². The van der Waals surface area contributed by atoms with Gasteiger partial charge < -0.3 is 5.11 Å². The van der Waals surface area contributed by atoms with Crippen LogP contribution in [0.5, 0.6) is 0 Å². The van der Waals surface area contributed by atoms with E-state index >= 15 is 0 Å². The zero-order valence-corrected chi connectivity index (χ0v) is 9.21. The third-order valence-corrected chi connectivity index (χ3v) is 3.56. The molecule has 1 heteroatoms. The second-order valence-electron chi connectivity index (χ2n) is 4.60. The second kappa shape index (κ2) is 4.79. The minimum absolute atomic E-state index is 0.367. The zero-order valence-electron chi connectivity index (χ0n) is 9.21. The highest BCUT2D eigenvalue weighted by atomic mass is 16.3. The van der Waals surface area contributed by atoms with Crippen molar-refractivity contribution in [2.24, 2.45) is 11.8 Å². The molecular formula is C13H22O. The molecule has 0 heterocycles. The molecule has 1 rings (SSSR count). The molecule has 1 fully saturated rings. The van der Waals surface area contributed by atoms with E-state index in [4.69, 9.17) is 0 Å². The summed E-state index contributed by atoms with van der Waals surface area (Å²) in [5.41, 5.74) is -0.520. The Bertz CT molecular complexity index is 209. The van der Waals surface area contributed by atoms with Crippen LogP contribution in [0, 0.1) is 11.8 Å². The van der Waals surface area contributed by atoms with Crippen LogP contribution in [0.4, 0.5) is 0 Å². The van der Waals surface area contributed by atoms with Crippen LogP contribution in [0.15, 0.2) is 25.3 Å². The van der Waals surface area contributed by atoms with E-state index in [0.29, 0.717) is 11.8 Å². The quantitative estimate of drug-likeness (QED) is 0.681. The first-order valence-corrected chi connectivity index (χ1v) is 5.58. The first kappa shape index (κ1) is 11.5. The summed E-state index contributed by atoms with van der Waals surface area (Å²) in [5.74, 6) is 0.971. The van der Waals surface area contributed by atoms with E-state index in [9.17, 15) is 5.11 Å². The van der Waals surface area contributed by atoms with Crippen LogP contribution in [0.25, 0.3) is 0 Å². The Hall–Kier alpha value is -0.560. The summed E-state index contributed by atoms with van der Waals surface area (Å²) >= 11 is 0. The molecule has 80 valence electrons. The van der Waals surface area contributed by atoms with Crippen LogP contribution in [0.2, 0.25) is 0 Å². The van der Waals surface area contributed by atoms with Crippen molar-refractivity contribution in [3.05, 3.63) is 25.3 Å². The summed E-state index contributed by atoms with van der Waals surface area (Å²) in [7, 11) is 0. The Morgan fingerprint density at radius 2 is 2.14 bits per heavy atom. The predicted octanol–water partition coefficient (Wildman–Crippen LogP) is 3.31. The van der Waals surface area contributed by atoms with Gasteiger partial charge in [-0.3, -0.25) is 0 Å². The second-order valence-corrected chi connectivity index (χ2v) is 4.60. The summed E-state index contributed by atoms with van der Waals surface area (Å²) in [6, 6.07) is 0. The molecule has 14 heavy (non-hydrogen) atoms. The first-order chi connectivity index (χ1) is 6.64. The molecule has 0 saturated heterocycles. The highest BCUT2D eigenvalue weighted by Crippen LogP contribution is 2.42. The summed E-state index contributed by atoms with van der Waals surface area (Å²) < 4.78 is 0. The molecule has 0 unspecified atom stereocenters. The van der Waals surface area contributed by atoms with Gasteiger partial charge in [0.2, 0.25) is 0 Å². The Morgan fingerprint density at radius 3 is 2.71 bits per heavy atom. The number of hydrogen-bond donors (Lipinski definition) is 1. The van der Waals surface area contributed by atoms with Gasteiger partial charge in [-0.25, -0.2) is 0 Å². The Labute approximate surface area is 87.5 Å². The van der Waals surface area contributed by atoms with Crippen LogP contribution < -0.4 is 0 Å². The molecule has 0 aliphatic heterocycles. The minimum atomic E-state index is -0.520. The standard InChI is InChI=1S/C13H22O/c1-4-7-12-11(3)8-6-10-13(12,14)9-5-2/h4-5,11-12,14H,1-2,6-10H2,3H3/t11-,12+,13-/m0/s1. The lowest BCUT2D eigenvalue weighted by atomic mass is 9.67. The molecule has 1 saturated carbocycles. The van der Waals surface area contributed by atoms with Crippen molar-refractivity contribution in [1.82, 2.24) is 0 Å². The average Bonchev–Trinajstić information content (AvgIpc) is 2.12. The molecular weight excluding hydrogens is 172 g/mol. The summed E-state index contributed by atoms with van der Waals surface area (Å²) in [4.78, 5) is 0. The molecule has 0 amide bonds. The largest absolute Gasteiger partial charge is 0.389 e. The number of aliphatic hydroxyl groups is 1. The number of hydrogen-bond acceptors (Lipinski definition) is 1. The SMILES string of the molecule is C=CC[C@@H]1[C@@H](C)CCC[C@@]1(O)CC=C. The van der Waals surface area contributed by atoms with E-state index in [1.54, 1.807) is 0 Å². The highest BCUT2D eigenvalue weighted by Gasteiger charge is 2.40. The molecule has 0 aromatic rings. The molecule has 0 spiro atoms. The number of rotatable bonds is 4. The molecule has 0 aromatic carbocycles. The van der Waals surface area contributed by atoms with Gasteiger partial charge in [0.1, 0.15) is 0 Å². The van der Waals surface area contributed by atoms with E-state index in [1.807, 2.05) is 12.2 Å². The summed E-state index contributed by atoms with van der Waals surface area (Å²) in [6.07, 6.45) is 8.70. The highest BCUT2D eigenvalue weighted by molar-refractivity contribution is 4.98. The summed E-state index contributed by atoms with van der Waals surface area (Å²) in [6.45, 7) is 9.75. The van der Waals surface area contributed by atoms with Crippen molar-refractivity contribution in [3.8, 4) is 0 Å². The van der Waals surface area contributed by atoms with Crippen LogP contribution >= 0.6 is 0 Å². The van der Waals surface area contributed by atoms with E-state index < -0.39 is 5.60 Å². The fourth-order valence-corrected chi connectivity index (χ4v) is 2.78. The Kier molecular flexibility index (Phi) is 3.94. The van der Waals surface area contributed by atoms with Gasteiger partial charge in [0.15, 0.2) is 0 Å². The van der Waals surface area contributed by atoms with Gasteiger partial charge >= 0.3 is 0 Å². The molecule has 0 radical (unpaired) electrons. The maximum atomic E-state index is 10.5. The molecule has 1 nitrogen and oxygen atoms in total. The predicted molar refractivity (Wildman–Crippen MR) is 61.1 cm³/mol. The third kappa shape index (κ3) is 2.27. The Morgan fingerprint density at radius 1 is 1.43 bits per heavy atom. The minimum Gasteiger partial charge on any atom is -0.389 e. The molecule has 1 aliphatic rings. The maximum Gasteiger partial charge on any atom is 0.0715 e. The van der Waals surface area contributed by atoms with Crippen LogP contribution in [0.3, 0.4) is 0 Å². The van der Waals surface area contributed by atoms with Gasteiger partial charge in [-0.2, -0.15) is 0 Å². The zero-order chi connectivity index (χ0) is 10.6. The lowest BCUT2D eigenvalue weighted by Crippen LogP contribution is -2.43. The van der Waals surface area contributed by atoms with Crippen LogP contribution in [-0.4, -0.2) is 10.7 Å². The Balaban J connectivity index is 2.77. The monoisotopic (exact) mass is 194 g/mol. The smallest absolute Gasteiger partial charge is 0.0715 e. The average molecular weight is 194 g/mol. The third-order valence-electron chi connectivity index (χ3n) is 3.56. The normalized spacial score (nSPS) is 37.9. The maximum absolute atomic E-state index is 10.5. The lowest BCUT2D eigenvalue weighted by Gasteiger charge is -2.43.